The Kier molecular flexibility index (Phi) is 15.4. The van der Waals surface area contributed by atoms with Crippen LogP contribution in [0.25, 0.3) is 0 Å². The van der Waals surface area contributed by atoms with Gasteiger partial charge >= 0.3 is 18.2 Å². The fourth-order valence-electron chi connectivity index (χ4n) is 4.45. The molecule has 232 valence electrons. The summed E-state index contributed by atoms with van der Waals surface area (Å²) in [6.45, 7) is 2.76. The number of aliphatic carboxylic acids is 1. The van der Waals surface area contributed by atoms with Crippen LogP contribution in [0.2, 0.25) is 0 Å². The minimum absolute atomic E-state index is 0.00381. The zero-order valence-electron chi connectivity index (χ0n) is 23.5. The second-order valence-corrected chi connectivity index (χ2v) is 11.7. The Bertz CT molecular complexity index is 1170. The summed E-state index contributed by atoms with van der Waals surface area (Å²) in [6.07, 6.45) is 7.03. The Morgan fingerprint density at radius 2 is 1.48 bits per heavy atom. The molecule has 0 bridgehead atoms. The molecule has 0 aromatic heterocycles. The molecule has 0 fully saturated rings. The molecule has 12 heteroatoms. The van der Waals surface area contributed by atoms with E-state index in [9.17, 15) is 27.6 Å². The number of hydrogen-bond donors (Lipinski definition) is 3. The Balaban J connectivity index is 2.01. The van der Waals surface area contributed by atoms with E-state index in [1.807, 2.05) is 0 Å². The van der Waals surface area contributed by atoms with Crippen molar-refractivity contribution < 1.29 is 37.4 Å². The molecule has 0 aliphatic rings. The molecule has 0 radical (unpaired) electrons. The van der Waals surface area contributed by atoms with Gasteiger partial charge in [-0.2, -0.15) is 0 Å². The highest BCUT2D eigenvalue weighted by Crippen LogP contribution is 2.33. The van der Waals surface area contributed by atoms with E-state index in [1.165, 1.54) is 57.1 Å². The minimum Gasteiger partial charge on any atom is -0.474 e. The first-order chi connectivity index (χ1) is 19.9. The van der Waals surface area contributed by atoms with Crippen LogP contribution in [0.15, 0.2) is 45.3 Å². The van der Waals surface area contributed by atoms with Crippen LogP contribution in [0.1, 0.15) is 98.7 Å². The number of hydrogen-bond acceptors (Lipinski definition) is 4. The third-order valence-corrected chi connectivity index (χ3v) is 8.04. The third kappa shape index (κ3) is 13.1. The summed E-state index contributed by atoms with van der Waals surface area (Å²) in [6, 6.07) is 7.13. The van der Waals surface area contributed by atoms with Crippen molar-refractivity contribution in [3.63, 3.8) is 0 Å². The van der Waals surface area contributed by atoms with Crippen molar-refractivity contribution in [1.29, 1.82) is 0 Å². The first kappa shape index (κ1) is 35.6. The lowest BCUT2D eigenvalue weighted by Crippen LogP contribution is -2.35. The van der Waals surface area contributed by atoms with Crippen molar-refractivity contribution in [2.75, 3.05) is 6.54 Å². The maximum atomic E-state index is 12.8. The molecule has 0 heterocycles. The van der Waals surface area contributed by atoms with Gasteiger partial charge in [0.2, 0.25) is 0 Å². The van der Waals surface area contributed by atoms with Crippen molar-refractivity contribution in [3.05, 3.63) is 62.0 Å². The number of ether oxygens (including phenoxy) is 1. The van der Waals surface area contributed by atoms with E-state index in [0.29, 0.717) is 26.6 Å². The largest absolute Gasteiger partial charge is 0.573 e. The molecule has 3 N–H and O–H groups in total. The molecule has 2 rings (SSSR count). The fraction of sp³-hybridized carbons (Fsp3) is 0.500. The van der Waals surface area contributed by atoms with Crippen LogP contribution in [0.4, 0.5) is 13.2 Å². The van der Waals surface area contributed by atoms with Gasteiger partial charge in [0, 0.05) is 21.1 Å². The minimum atomic E-state index is -4.92. The number of halogens is 5. The van der Waals surface area contributed by atoms with E-state index in [1.54, 1.807) is 12.1 Å². The van der Waals surface area contributed by atoms with Gasteiger partial charge in [-0.15, -0.1) is 13.2 Å². The second kappa shape index (κ2) is 18.1. The number of carboxylic acid groups (broad SMARTS) is 1. The molecule has 0 aliphatic heterocycles. The molecule has 2 aromatic carbocycles. The summed E-state index contributed by atoms with van der Waals surface area (Å²) in [5.74, 6) is -3.83. The summed E-state index contributed by atoms with van der Waals surface area (Å²) in [7, 11) is 0. The lowest BCUT2D eigenvalue weighted by Gasteiger charge is -2.21. The van der Waals surface area contributed by atoms with Gasteiger partial charge in [0.1, 0.15) is 5.75 Å². The number of carbonyl (C=O) groups is 3. The summed E-state index contributed by atoms with van der Waals surface area (Å²) in [5.41, 5.74) is 1.15. The summed E-state index contributed by atoms with van der Waals surface area (Å²) < 4.78 is 43.2. The Labute approximate surface area is 261 Å². The number of nitrogens with one attached hydrogen (secondary N) is 2. The molecule has 0 aliphatic carbocycles. The first-order valence-electron chi connectivity index (χ1n) is 14.1. The number of amides is 2. The van der Waals surface area contributed by atoms with Crippen LogP contribution in [-0.2, 0) is 16.0 Å². The van der Waals surface area contributed by atoms with Gasteiger partial charge in [-0.3, -0.25) is 9.59 Å². The normalized spacial score (nSPS) is 12.0. The van der Waals surface area contributed by atoms with Gasteiger partial charge in [-0.05, 0) is 48.2 Å². The van der Waals surface area contributed by atoms with Gasteiger partial charge in [0.15, 0.2) is 0 Å². The van der Waals surface area contributed by atoms with Crippen LogP contribution in [0.3, 0.4) is 0 Å². The molecule has 2 amide bonds. The Morgan fingerprint density at radius 3 is 2.02 bits per heavy atom. The summed E-state index contributed by atoms with van der Waals surface area (Å²) >= 11 is 6.88. The van der Waals surface area contributed by atoms with Gasteiger partial charge in [0.05, 0.1) is 6.04 Å². The molecule has 1 atom stereocenters. The number of alkyl halides is 3. The molecular formula is C30H37Br2F3N2O5. The zero-order valence-corrected chi connectivity index (χ0v) is 26.7. The van der Waals surface area contributed by atoms with E-state index < -0.39 is 30.0 Å². The number of carbonyl (C=O) groups excluding carboxylic acids is 2. The Hall–Kier alpha value is -2.60. The quantitative estimate of drug-likeness (QED) is 0.113. The molecule has 1 unspecified atom stereocenters. The topological polar surface area (TPSA) is 105 Å². The smallest absolute Gasteiger partial charge is 0.474 e. The molecule has 0 spiro atoms. The van der Waals surface area contributed by atoms with Crippen molar-refractivity contribution in [3.8, 4) is 5.75 Å². The number of unbranched alkanes of at least 4 members (excludes halogenated alkanes) is 9. The monoisotopic (exact) mass is 720 g/mol. The van der Waals surface area contributed by atoms with Crippen molar-refractivity contribution in [2.45, 2.75) is 90.0 Å². The average molecular weight is 722 g/mol. The maximum Gasteiger partial charge on any atom is 0.573 e. The molecule has 42 heavy (non-hydrogen) atoms. The van der Waals surface area contributed by atoms with Crippen LogP contribution in [0.5, 0.6) is 5.75 Å². The van der Waals surface area contributed by atoms with Gasteiger partial charge in [-0.1, -0.05) is 109 Å². The van der Waals surface area contributed by atoms with Crippen molar-refractivity contribution in [1.82, 2.24) is 10.6 Å². The summed E-state index contributed by atoms with van der Waals surface area (Å²) in [5, 5.41) is 14.3. The van der Waals surface area contributed by atoms with Gasteiger partial charge in [-0.25, -0.2) is 4.79 Å². The van der Waals surface area contributed by atoms with Crippen LogP contribution < -0.4 is 15.4 Å². The third-order valence-electron chi connectivity index (χ3n) is 6.62. The SMILES string of the molecule is CCCCCCCCCCCCNC(=O)c1cc(Br)c(CC(NC(=O)C(=O)O)c2cccc(OC(F)(F)F)c2)c(Br)c1. The maximum absolute atomic E-state index is 12.8. The van der Waals surface area contributed by atoms with Crippen molar-refractivity contribution in [2.24, 2.45) is 0 Å². The highest BCUT2D eigenvalue weighted by Gasteiger charge is 2.31. The molecule has 2 aromatic rings. The zero-order chi connectivity index (χ0) is 31.1. The predicted octanol–water partition coefficient (Wildman–Crippen LogP) is 8.25. The molecule has 7 nitrogen and oxygen atoms in total. The number of benzene rings is 2. The Morgan fingerprint density at radius 1 is 0.905 bits per heavy atom. The average Bonchev–Trinajstić information content (AvgIpc) is 2.91. The molecular weight excluding hydrogens is 685 g/mol. The molecule has 0 saturated carbocycles. The number of rotatable bonds is 17. The lowest BCUT2D eigenvalue weighted by atomic mass is 9.97. The van der Waals surface area contributed by atoms with Crippen LogP contribution in [-0.4, -0.2) is 35.8 Å². The predicted molar refractivity (Wildman–Crippen MR) is 161 cm³/mol. The van der Waals surface area contributed by atoms with E-state index in [-0.39, 0.29) is 17.9 Å². The van der Waals surface area contributed by atoms with E-state index in [2.05, 4.69) is 54.2 Å². The first-order valence-corrected chi connectivity index (χ1v) is 15.7. The van der Waals surface area contributed by atoms with Gasteiger partial charge < -0.3 is 20.5 Å². The number of carboxylic acids is 1. The van der Waals surface area contributed by atoms with Crippen LogP contribution in [0, 0.1) is 0 Å². The van der Waals surface area contributed by atoms with Gasteiger partial charge in [0.25, 0.3) is 5.91 Å². The van der Waals surface area contributed by atoms with E-state index >= 15 is 0 Å². The highest BCUT2D eigenvalue weighted by molar-refractivity contribution is 9.11. The lowest BCUT2D eigenvalue weighted by molar-refractivity contribution is -0.274. The van der Waals surface area contributed by atoms with E-state index in [4.69, 9.17) is 5.11 Å². The highest BCUT2D eigenvalue weighted by atomic mass is 79.9. The standard InChI is InChI=1S/C30H37Br2F3N2O5/c1-2-3-4-5-6-7-8-9-10-11-15-36-27(38)21-17-24(31)23(25(32)18-21)19-26(37-28(39)29(40)41)20-13-12-14-22(16-20)42-30(33,34)35/h12-14,16-18,26H,2-11,15,19H2,1H3,(H,36,38)(H,37,39)(H,40,41). The fourth-order valence-corrected chi connectivity index (χ4v) is 5.96. The second-order valence-electron chi connectivity index (χ2n) is 10.0. The molecule has 0 saturated heterocycles. The van der Waals surface area contributed by atoms with Crippen LogP contribution >= 0.6 is 31.9 Å². The van der Waals surface area contributed by atoms with E-state index in [0.717, 1.165) is 31.4 Å². The van der Waals surface area contributed by atoms with Crippen molar-refractivity contribution >= 4 is 49.6 Å². The summed E-state index contributed by atoms with van der Waals surface area (Å²) in [4.78, 5) is 35.9.